The van der Waals surface area contributed by atoms with Gasteiger partial charge in [-0.3, -0.25) is 71.9 Å². The third kappa shape index (κ3) is 30.8. The zero-order valence-corrected chi connectivity index (χ0v) is 72.2. The summed E-state index contributed by atoms with van der Waals surface area (Å²) in [4.78, 5) is 235. The number of ether oxygens (including phenoxy) is 1. The number of carboxylic acids is 3. The van der Waals surface area contributed by atoms with E-state index < -0.39 is 257 Å². The SMILES string of the molecule is CCc1cc(OC)ccc1-c1ccc(C[C@@H]2NC(=O)[C@H](CC(=O)O)NC(=O)[C@H](CO)NC(=O)[C@@H]3CSSC[C@@H](C(=O)O)NC(=O)[C@H](CSSC[C@H](NC(=O)CNC(=O)[C@H](CCC(=O)O)NC(=O)C(C)(C)NC(=O)[C@@H](N)Cc4cnc[nH]4)C(=O)NC(C)(Cc4c(F)cccc4F)C(=O)N3)NC(=O)[C@H](CC(C)C)NC(=O)[C@H](CCCc3ccccc3)NC2=O)cc1. The number of amides is 13. The van der Waals surface area contributed by atoms with E-state index in [0.29, 0.717) is 62.2 Å². The molecule has 13 amide bonds. The first-order valence-electron chi connectivity index (χ1n) is 39.5. The first kappa shape index (κ1) is 99.7. The summed E-state index contributed by atoms with van der Waals surface area (Å²) in [5.74, 6) is -25.0. The molecule has 2 aliphatic rings. The molecule has 43 heteroatoms. The molecule has 37 nitrogen and oxygen atoms in total. The molecule has 2 bridgehead atoms. The van der Waals surface area contributed by atoms with Crippen LogP contribution in [0.4, 0.5) is 8.78 Å². The molecule has 124 heavy (non-hydrogen) atoms. The van der Waals surface area contributed by atoms with Crippen LogP contribution in [-0.2, 0) is 109 Å². The van der Waals surface area contributed by atoms with Crippen LogP contribution in [-0.4, -0.2) is 246 Å². The van der Waals surface area contributed by atoms with Crippen molar-refractivity contribution in [3.63, 3.8) is 0 Å². The lowest BCUT2D eigenvalue weighted by Gasteiger charge is -2.33. The molecule has 0 radical (unpaired) electrons. The number of benzene rings is 4. The Kier molecular flexibility index (Phi) is 38.6. The number of aromatic amines is 1. The van der Waals surface area contributed by atoms with Gasteiger partial charge in [-0.1, -0.05) is 131 Å². The Hall–Kier alpha value is -11.4. The topological polar surface area (TPSA) is 574 Å². The molecule has 5 aromatic rings. The molecule has 2 fully saturated rings. The van der Waals surface area contributed by atoms with E-state index in [-0.39, 0.29) is 32.1 Å². The number of nitrogens with two attached hydrogens (primary N) is 1. The highest BCUT2D eigenvalue weighted by atomic mass is 33.1. The van der Waals surface area contributed by atoms with Crippen molar-refractivity contribution in [3.05, 3.63) is 143 Å². The van der Waals surface area contributed by atoms with Crippen LogP contribution in [0.1, 0.15) is 108 Å². The van der Waals surface area contributed by atoms with E-state index in [1.165, 1.54) is 33.5 Å². The van der Waals surface area contributed by atoms with Crippen molar-refractivity contribution in [3.8, 4) is 16.9 Å². The standard InChI is InChI=1S/C81H104F2N16O21S4/c1-8-45-30-48(120-7)24-25-49(45)46-22-20-44(21-23-46)29-57-71(110)89-54(19-12-16-43-14-10-9-11-15-43)69(108)90-56(28-42(2)3)70(109)94-60-37-121-123-39-62(88-64(101)35-86-68(107)55(26-27-65(102)103)96-78(118)80(4,5)98-67(106)53(84)31-47-34-85-41-87-47)76(115)99-81(6,33-50-51(82)17-13-18-52(50)83)79(119)97-61(38-122-124-40-63(77(116)117)95-74(60)113)75(114)93-59(36-100)73(112)92-58(32-66(104)105)72(111)91-57/h9-11,13-15,17-18,20-25,30,34,41-42,53-63,100H,8,12,16,19,26-29,31-33,35-40,84H2,1-7H3,(H,85,87)(H,86,107)(H,88,101)(H,89,110)(H,90,108)(H,91,111)(H,92,112)(H,93,114)(H,94,109)(H,95,113)(H,96,118)(H,97,119)(H,98,106)(H,99,115)(H,102,103)(H,104,105)(H,116,117)/t53-,54-,55-,56-,57-,58-,59-,60-,61-,62-,63-,81?/m0/s1. The summed E-state index contributed by atoms with van der Waals surface area (Å²) < 4.78 is 37.5. The van der Waals surface area contributed by atoms with Crippen molar-refractivity contribution in [2.45, 2.75) is 190 Å². The molecule has 0 spiro atoms. The van der Waals surface area contributed by atoms with Gasteiger partial charge in [0.2, 0.25) is 76.8 Å². The number of aliphatic carboxylic acids is 3. The van der Waals surface area contributed by atoms with E-state index in [2.05, 4.69) is 79.1 Å². The minimum atomic E-state index is -2.67. The number of methoxy groups -OCH3 is 1. The number of nitrogens with zero attached hydrogens (tertiary/aromatic N) is 1. The third-order valence-electron chi connectivity index (χ3n) is 19.8. The second kappa shape index (κ2) is 48.0. The molecule has 1 aromatic heterocycles. The Balaban J connectivity index is 1.32. The fourth-order valence-corrected chi connectivity index (χ4v) is 17.5. The van der Waals surface area contributed by atoms with Crippen molar-refractivity contribution >= 4 is 138 Å². The molecule has 0 aliphatic carbocycles. The predicted molar refractivity (Wildman–Crippen MR) is 455 cm³/mol. The molecule has 2 saturated heterocycles. The van der Waals surface area contributed by atoms with Gasteiger partial charge in [-0.15, -0.1) is 0 Å². The van der Waals surface area contributed by atoms with Crippen LogP contribution in [0.3, 0.4) is 0 Å². The van der Waals surface area contributed by atoms with Gasteiger partial charge in [0, 0.05) is 66.1 Å². The van der Waals surface area contributed by atoms with Crippen LogP contribution in [0.15, 0.2) is 104 Å². The molecule has 4 aromatic carbocycles. The number of aliphatic hydroxyl groups is 1. The number of imidazole rings is 1. The van der Waals surface area contributed by atoms with Crippen molar-refractivity contribution in [1.82, 2.24) is 79.1 Å². The van der Waals surface area contributed by atoms with Gasteiger partial charge in [0.25, 0.3) is 0 Å². The molecular weight excluding hydrogens is 1700 g/mol. The minimum absolute atomic E-state index is 0.0331. The monoisotopic (exact) mass is 1800 g/mol. The van der Waals surface area contributed by atoms with Gasteiger partial charge >= 0.3 is 17.9 Å². The van der Waals surface area contributed by atoms with E-state index >= 15 is 32.8 Å². The zero-order valence-electron chi connectivity index (χ0n) is 68.9. The van der Waals surface area contributed by atoms with Crippen molar-refractivity contribution in [2.75, 3.05) is 43.3 Å². The van der Waals surface area contributed by atoms with Crippen molar-refractivity contribution in [1.29, 1.82) is 0 Å². The lowest BCUT2D eigenvalue weighted by atomic mass is 9.90. The molecule has 0 saturated carbocycles. The second-order valence-electron chi connectivity index (χ2n) is 30.5. The second-order valence-corrected chi connectivity index (χ2v) is 35.6. The van der Waals surface area contributed by atoms with E-state index in [0.717, 1.165) is 58.2 Å². The number of aryl methyl sites for hydroxylation is 2. The maximum Gasteiger partial charge on any atom is 0.327 e. The summed E-state index contributed by atoms with van der Waals surface area (Å²) in [6.45, 7) is 6.39. The quantitative estimate of drug-likeness (QED) is 0.0275. The van der Waals surface area contributed by atoms with E-state index in [4.69, 9.17) is 10.5 Å². The highest BCUT2D eigenvalue weighted by molar-refractivity contribution is 8.77. The Morgan fingerprint density at radius 3 is 1.89 bits per heavy atom. The summed E-state index contributed by atoms with van der Waals surface area (Å²) in [5, 5.41) is 73.2. The molecule has 12 atom stereocenters. The summed E-state index contributed by atoms with van der Waals surface area (Å²) in [6.07, 6.45) is -0.492. The highest BCUT2D eigenvalue weighted by Gasteiger charge is 2.44. The van der Waals surface area contributed by atoms with Gasteiger partial charge in [-0.2, -0.15) is 0 Å². The number of hydrogen-bond acceptors (Lipinski definition) is 24. The number of rotatable bonds is 30. The van der Waals surface area contributed by atoms with Gasteiger partial charge in [0.05, 0.1) is 39.1 Å². The number of carbonyl (C=O) groups excluding carboxylic acids is 13. The van der Waals surface area contributed by atoms with Crippen molar-refractivity contribution in [2.24, 2.45) is 11.7 Å². The van der Waals surface area contributed by atoms with Crippen LogP contribution in [0, 0.1) is 17.6 Å². The van der Waals surface area contributed by atoms with Crippen molar-refractivity contribution < 1.29 is 111 Å². The third-order valence-corrected chi connectivity index (χ3v) is 24.6. The molecule has 20 N–H and O–H groups in total. The van der Waals surface area contributed by atoms with Crippen LogP contribution in [0.2, 0.25) is 0 Å². The Morgan fingerprint density at radius 2 is 1.27 bits per heavy atom. The van der Waals surface area contributed by atoms with Crippen LogP contribution >= 0.6 is 43.2 Å². The lowest BCUT2D eigenvalue weighted by Crippen LogP contribution is -2.65. The normalized spacial score (nSPS) is 22.0. The predicted octanol–water partition coefficient (Wildman–Crippen LogP) is 0.290. The zero-order chi connectivity index (χ0) is 91.1. The summed E-state index contributed by atoms with van der Waals surface area (Å²) >= 11 is 0. The van der Waals surface area contributed by atoms with Crippen LogP contribution < -0.4 is 79.6 Å². The van der Waals surface area contributed by atoms with Gasteiger partial charge < -0.3 is 105 Å². The smallest absolute Gasteiger partial charge is 0.327 e. The van der Waals surface area contributed by atoms with Gasteiger partial charge in [-0.25, -0.2) is 18.6 Å². The molecule has 3 heterocycles. The number of aromatic nitrogens is 2. The number of aliphatic hydroxyl groups excluding tert-OH is 1. The average molecular weight is 1800 g/mol. The number of fused-ring (bicyclic) bond motifs is 8. The number of carboxylic acid groups (broad SMARTS) is 3. The average Bonchev–Trinajstić information content (AvgIpc) is 0.858. The van der Waals surface area contributed by atoms with Gasteiger partial charge in [0.1, 0.15) is 88.9 Å². The molecule has 672 valence electrons. The maximum absolute atomic E-state index is 16.0. The van der Waals surface area contributed by atoms with Gasteiger partial charge in [0.15, 0.2) is 0 Å². The summed E-state index contributed by atoms with van der Waals surface area (Å²) in [6, 6.07) is 4.14. The summed E-state index contributed by atoms with van der Waals surface area (Å²) in [7, 11) is 4.27. The number of hydrogen-bond donors (Lipinski definition) is 19. The Labute approximate surface area is 728 Å². The number of nitrogens with one attached hydrogen (secondary N) is 14. The number of H-pyrrole nitrogens is 1. The van der Waals surface area contributed by atoms with Gasteiger partial charge in [-0.05, 0) is 117 Å². The molecular formula is C81H104F2N16O21S4. The summed E-state index contributed by atoms with van der Waals surface area (Å²) in [5.41, 5.74) is 4.96. The number of halogens is 2. The Morgan fingerprint density at radius 1 is 0.669 bits per heavy atom. The lowest BCUT2D eigenvalue weighted by molar-refractivity contribution is -0.142. The minimum Gasteiger partial charge on any atom is -0.497 e. The molecule has 7 rings (SSSR count). The largest absolute Gasteiger partial charge is 0.497 e. The first-order chi connectivity index (χ1) is 58.8. The highest BCUT2D eigenvalue weighted by Crippen LogP contribution is 2.31. The van der Waals surface area contributed by atoms with E-state index in [1.807, 2.05) is 31.2 Å². The van der Waals surface area contributed by atoms with E-state index in [1.54, 1.807) is 62.4 Å². The van der Waals surface area contributed by atoms with Crippen LogP contribution in [0.25, 0.3) is 11.1 Å². The fourth-order valence-electron chi connectivity index (χ4n) is 12.8. The fraction of sp³-hybridized carbons (Fsp3) is 0.469. The Bertz CT molecular complexity index is 4620. The first-order valence-corrected chi connectivity index (χ1v) is 44.5. The number of carbonyl (C=O) groups is 16. The maximum atomic E-state index is 16.0. The van der Waals surface area contributed by atoms with E-state index in [9.17, 15) is 73.2 Å². The van der Waals surface area contributed by atoms with Crippen LogP contribution in [0.5, 0.6) is 5.75 Å². The molecule has 1 unspecified atom stereocenters. The molecule has 2 aliphatic heterocycles.